The normalized spacial score (nSPS) is 13.9. The predicted octanol–water partition coefficient (Wildman–Crippen LogP) is 4.97. The lowest BCUT2D eigenvalue weighted by molar-refractivity contribution is -0.290. The second-order valence-corrected chi connectivity index (χ2v) is 4.91. The average Bonchev–Trinajstić information content (AvgIpc) is 2.47. The van der Waals surface area contributed by atoms with Gasteiger partial charge in [-0.15, -0.1) is 0 Å². The fourth-order valence-electron chi connectivity index (χ4n) is 2.03. The van der Waals surface area contributed by atoms with Gasteiger partial charge >= 0.3 is 12.1 Å². The van der Waals surface area contributed by atoms with Crippen LogP contribution in [0.4, 0.5) is 22.0 Å². The first kappa shape index (κ1) is 16.4. The van der Waals surface area contributed by atoms with Gasteiger partial charge in [0.2, 0.25) is 0 Å². The second kappa shape index (κ2) is 6.04. The Kier molecular flexibility index (Phi) is 4.51. The summed E-state index contributed by atoms with van der Waals surface area (Å²) in [5, 5.41) is 9.71. The molecular weight excluding hydrogens is 303 g/mol. The summed E-state index contributed by atoms with van der Waals surface area (Å²) < 4.78 is 62.6. The fraction of sp³-hybridized carbons (Fsp3) is 0.250. The molecule has 0 saturated carbocycles. The highest BCUT2D eigenvalue weighted by Gasteiger charge is 2.58. The van der Waals surface area contributed by atoms with Gasteiger partial charge in [-0.2, -0.15) is 22.0 Å². The first-order chi connectivity index (χ1) is 10.2. The van der Waals surface area contributed by atoms with E-state index in [2.05, 4.69) is 0 Å². The molecule has 0 spiro atoms. The van der Waals surface area contributed by atoms with Crippen molar-refractivity contribution in [2.75, 3.05) is 0 Å². The number of benzene rings is 2. The molecule has 0 radical (unpaired) electrons. The Morgan fingerprint density at radius 2 is 1.41 bits per heavy atom. The molecule has 2 aromatic carbocycles. The minimum Gasteiger partial charge on any atom is -0.388 e. The Morgan fingerprint density at radius 3 is 2.00 bits per heavy atom. The van der Waals surface area contributed by atoms with Crippen molar-refractivity contribution in [3.8, 4) is 11.1 Å². The van der Waals surface area contributed by atoms with E-state index in [-0.39, 0.29) is 5.56 Å². The molecule has 0 amide bonds. The van der Waals surface area contributed by atoms with Crippen LogP contribution >= 0.6 is 0 Å². The first-order valence-corrected chi connectivity index (χ1v) is 6.49. The van der Waals surface area contributed by atoms with Crippen LogP contribution in [-0.2, 0) is 0 Å². The highest BCUT2D eigenvalue weighted by Crippen LogP contribution is 2.41. The van der Waals surface area contributed by atoms with Crippen molar-refractivity contribution in [2.24, 2.45) is 0 Å². The van der Waals surface area contributed by atoms with Crippen LogP contribution in [0.2, 0.25) is 0 Å². The van der Waals surface area contributed by atoms with Gasteiger partial charge in [-0.05, 0) is 22.8 Å². The maximum Gasteiger partial charge on any atom is 0.453 e. The lowest BCUT2D eigenvalue weighted by atomic mass is 9.97. The molecule has 2 rings (SSSR count). The highest BCUT2D eigenvalue weighted by atomic mass is 19.4. The summed E-state index contributed by atoms with van der Waals surface area (Å²) in [5.41, 5.74) is 1.43. The number of hydrogen-bond acceptors (Lipinski definition) is 1. The Morgan fingerprint density at radius 1 is 0.818 bits per heavy atom. The molecule has 0 saturated heterocycles. The third kappa shape index (κ3) is 3.62. The summed E-state index contributed by atoms with van der Waals surface area (Å²) in [6.45, 7) is 0. The molecule has 0 fully saturated rings. The van der Waals surface area contributed by atoms with Gasteiger partial charge in [-0.25, -0.2) is 0 Å². The van der Waals surface area contributed by atoms with Gasteiger partial charge in [0.05, 0.1) is 12.5 Å². The fourth-order valence-corrected chi connectivity index (χ4v) is 2.03. The van der Waals surface area contributed by atoms with E-state index in [1.54, 1.807) is 36.4 Å². The molecular formula is C16H13F5O. The number of aliphatic hydroxyl groups is 1. The number of hydrogen-bond donors (Lipinski definition) is 1. The van der Waals surface area contributed by atoms with Crippen LogP contribution in [0.5, 0.6) is 0 Å². The predicted molar refractivity (Wildman–Crippen MR) is 72.5 cm³/mol. The van der Waals surface area contributed by atoms with Crippen molar-refractivity contribution >= 4 is 0 Å². The van der Waals surface area contributed by atoms with Gasteiger partial charge < -0.3 is 5.11 Å². The van der Waals surface area contributed by atoms with Crippen LogP contribution in [0.1, 0.15) is 18.1 Å². The van der Waals surface area contributed by atoms with Crippen LogP contribution in [0.3, 0.4) is 0 Å². The Balaban J connectivity index is 2.23. The molecule has 0 heterocycles. The topological polar surface area (TPSA) is 20.2 Å². The Hall–Kier alpha value is -1.95. The van der Waals surface area contributed by atoms with Crippen LogP contribution in [0.15, 0.2) is 54.6 Å². The average molecular weight is 316 g/mol. The van der Waals surface area contributed by atoms with E-state index in [0.29, 0.717) is 5.56 Å². The molecule has 1 N–H and O–H groups in total. The van der Waals surface area contributed by atoms with Gasteiger partial charge in [-0.1, -0.05) is 48.5 Å². The van der Waals surface area contributed by atoms with Crippen molar-refractivity contribution in [1.29, 1.82) is 0 Å². The zero-order valence-electron chi connectivity index (χ0n) is 11.3. The van der Waals surface area contributed by atoms with Crippen molar-refractivity contribution in [2.45, 2.75) is 24.6 Å². The molecule has 6 heteroatoms. The standard InChI is InChI=1S/C16H13F5O/c17-15(18,16(19,20)21)10-14(22)13-8-4-7-12(9-13)11-5-2-1-3-6-11/h1-9,14,22H,10H2. The molecule has 0 aliphatic rings. The van der Waals surface area contributed by atoms with Crippen LogP contribution in [0, 0.1) is 0 Å². The molecule has 0 aliphatic carbocycles. The van der Waals surface area contributed by atoms with Gasteiger partial charge in [0.15, 0.2) is 0 Å². The van der Waals surface area contributed by atoms with Crippen molar-refractivity contribution in [3.63, 3.8) is 0 Å². The van der Waals surface area contributed by atoms with Gasteiger partial charge in [0.25, 0.3) is 0 Å². The molecule has 0 bridgehead atoms. The van der Waals surface area contributed by atoms with Gasteiger partial charge in [0.1, 0.15) is 0 Å². The van der Waals surface area contributed by atoms with E-state index < -0.39 is 24.6 Å². The van der Waals surface area contributed by atoms with Crippen LogP contribution < -0.4 is 0 Å². The largest absolute Gasteiger partial charge is 0.453 e. The van der Waals surface area contributed by atoms with Gasteiger partial charge in [-0.3, -0.25) is 0 Å². The second-order valence-electron chi connectivity index (χ2n) is 4.91. The number of aliphatic hydroxyl groups excluding tert-OH is 1. The SMILES string of the molecule is OC(CC(F)(F)C(F)(F)F)c1cccc(-c2ccccc2)c1. The zero-order valence-corrected chi connectivity index (χ0v) is 11.3. The summed E-state index contributed by atoms with van der Waals surface area (Å²) in [4.78, 5) is 0. The summed E-state index contributed by atoms with van der Waals surface area (Å²) in [6.07, 6.45) is -9.28. The highest BCUT2D eigenvalue weighted by molar-refractivity contribution is 5.64. The number of alkyl halides is 5. The van der Waals surface area contributed by atoms with Crippen LogP contribution in [0.25, 0.3) is 11.1 Å². The third-order valence-corrected chi connectivity index (χ3v) is 3.24. The van der Waals surface area contributed by atoms with E-state index in [4.69, 9.17) is 0 Å². The summed E-state index contributed by atoms with van der Waals surface area (Å²) in [6, 6.07) is 14.8. The van der Waals surface area contributed by atoms with Crippen molar-refractivity contribution < 1.29 is 27.1 Å². The van der Waals surface area contributed by atoms with Gasteiger partial charge in [0, 0.05) is 0 Å². The monoisotopic (exact) mass is 316 g/mol. The maximum absolute atomic E-state index is 13.0. The number of halogens is 5. The van der Waals surface area contributed by atoms with Crippen molar-refractivity contribution in [3.05, 3.63) is 60.2 Å². The van der Waals surface area contributed by atoms with Crippen molar-refractivity contribution in [1.82, 2.24) is 0 Å². The molecule has 22 heavy (non-hydrogen) atoms. The minimum absolute atomic E-state index is 0.0188. The van der Waals surface area contributed by atoms with E-state index in [1.165, 1.54) is 18.2 Å². The van der Waals surface area contributed by atoms with E-state index in [0.717, 1.165) is 5.56 Å². The lowest BCUT2D eigenvalue weighted by Crippen LogP contribution is -2.37. The van der Waals surface area contributed by atoms with E-state index in [1.807, 2.05) is 0 Å². The first-order valence-electron chi connectivity index (χ1n) is 6.49. The molecule has 1 nitrogen and oxygen atoms in total. The Bertz CT molecular complexity index is 622. The molecule has 2 aromatic rings. The maximum atomic E-state index is 13.0. The summed E-state index contributed by atoms with van der Waals surface area (Å²) in [7, 11) is 0. The minimum atomic E-state index is -5.68. The quantitative estimate of drug-likeness (QED) is 0.789. The molecule has 1 atom stereocenters. The summed E-state index contributed by atoms with van der Waals surface area (Å²) in [5.74, 6) is -4.94. The molecule has 0 aromatic heterocycles. The third-order valence-electron chi connectivity index (χ3n) is 3.24. The zero-order chi connectivity index (χ0) is 16.4. The van der Waals surface area contributed by atoms with Crippen LogP contribution in [-0.4, -0.2) is 17.2 Å². The number of rotatable bonds is 4. The summed E-state index contributed by atoms with van der Waals surface area (Å²) >= 11 is 0. The smallest absolute Gasteiger partial charge is 0.388 e. The van der Waals surface area contributed by atoms with E-state index >= 15 is 0 Å². The molecule has 0 aliphatic heterocycles. The lowest BCUT2D eigenvalue weighted by Gasteiger charge is -2.22. The molecule has 118 valence electrons. The van der Waals surface area contributed by atoms with E-state index in [9.17, 15) is 27.1 Å². The molecule has 1 unspecified atom stereocenters. The Labute approximate surface area is 124 Å².